The number of aromatic nitrogens is 2. The number of nitrogens with zero attached hydrogens (tertiary/aromatic N) is 4. The molecule has 3 aromatic rings. The number of carbonyl (C=O) groups is 1. The molecule has 7 heteroatoms. The maximum Gasteiger partial charge on any atom is 0.265 e. The van der Waals surface area contributed by atoms with Crippen molar-refractivity contribution in [2.45, 2.75) is 6.92 Å². The molecular weight excluding hydrogens is 348 g/mol. The van der Waals surface area contributed by atoms with E-state index in [0.29, 0.717) is 11.4 Å². The summed E-state index contributed by atoms with van der Waals surface area (Å²) in [6.07, 6.45) is 1.74. The van der Waals surface area contributed by atoms with E-state index in [4.69, 9.17) is 15.0 Å². The lowest BCUT2D eigenvalue weighted by molar-refractivity contribution is -0.121. The van der Waals surface area contributed by atoms with E-state index < -0.39 is 0 Å². The number of carbonyl (C=O) groups excluding carboxylic acids is 1. The monoisotopic (exact) mass is 362 g/mol. The Morgan fingerprint density at radius 3 is 3.00 bits per heavy atom. The fourth-order valence-corrected chi connectivity index (χ4v) is 3.77. The van der Waals surface area contributed by atoms with Crippen LogP contribution >= 0.6 is 11.3 Å². The van der Waals surface area contributed by atoms with Crippen LogP contribution in [0.3, 0.4) is 0 Å². The molecule has 0 bridgehead atoms. The van der Waals surface area contributed by atoms with Crippen molar-refractivity contribution >= 4 is 22.9 Å². The van der Waals surface area contributed by atoms with Gasteiger partial charge in [0.1, 0.15) is 17.3 Å². The van der Waals surface area contributed by atoms with Gasteiger partial charge in [-0.2, -0.15) is 5.26 Å². The smallest absolute Gasteiger partial charge is 0.265 e. The Bertz CT molecular complexity index is 1020. The van der Waals surface area contributed by atoms with Crippen LogP contribution in [-0.4, -0.2) is 29.0 Å². The van der Waals surface area contributed by atoms with E-state index in [1.807, 2.05) is 49.4 Å². The summed E-state index contributed by atoms with van der Waals surface area (Å²) < 4.78 is 5.48. The first-order valence-electron chi connectivity index (χ1n) is 8.01. The standard InChI is InChI=1S/C19H14N4O2S/c1-12-18(22-19(26-12)14-4-2-3-8-21-14)13-5-6-16-15(10-13)23(9-7-20)17(24)11-25-16/h2-6,8,10H,9,11H2,1H3. The van der Waals surface area contributed by atoms with Gasteiger partial charge in [0.25, 0.3) is 5.91 Å². The van der Waals surface area contributed by atoms with Crippen molar-refractivity contribution in [1.82, 2.24) is 9.97 Å². The largest absolute Gasteiger partial charge is 0.482 e. The number of amides is 1. The third-order valence-corrected chi connectivity index (χ3v) is 5.08. The predicted molar refractivity (Wildman–Crippen MR) is 99.0 cm³/mol. The normalized spacial score (nSPS) is 13.1. The van der Waals surface area contributed by atoms with Crippen LogP contribution in [0.15, 0.2) is 42.6 Å². The Hall–Kier alpha value is -3.24. The summed E-state index contributed by atoms with van der Waals surface area (Å²) in [5.74, 6) is 0.377. The lowest BCUT2D eigenvalue weighted by Gasteiger charge is -2.27. The Morgan fingerprint density at radius 1 is 1.35 bits per heavy atom. The lowest BCUT2D eigenvalue weighted by Crippen LogP contribution is -2.39. The minimum Gasteiger partial charge on any atom is -0.482 e. The molecular formula is C19H14N4O2S. The third kappa shape index (κ3) is 2.80. The van der Waals surface area contributed by atoms with Crippen LogP contribution in [-0.2, 0) is 4.79 Å². The minimum atomic E-state index is -0.222. The van der Waals surface area contributed by atoms with E-state index in [1.54, 1.807) is 17.5 Å². The molecule has 2 aromatic heterocycles. The van der Waals surface area contributed by atoms with Gasteiger partial charge in [0.15, 0.2) is 6.61 Å². The minimum absolute atomic E-state index is 0.00607. The molecule has 0 atom stereocenters. The van der Waals surface area contributed by atoms with Crippen LogP contribution in [0.1, 0.15) is 4.88 Å². The summed E-state index contributed by atoms with van der Waals surface area (Å²) in [4.78, 5) is 23.7. The second-order valence-corrected chi connectivity index (χ2v) is 6.95. The molecule has 0 unspecified atom stereocenters. The highest BCUT2D eigenvalue weighted by Gasteiger charge is 2.26. The van der Waals surface area contributed by atoms with Crippen LogP contribution in [0.4, 0.5) is 5.69 Å². The second-order valence-electron chi connectivity index (χ2n) is 5.75. The Labute approximate surface area is 154 Å². The fraction of sp³-hybridized carbons (Fsp3) is 0.158. The van der Waals surface area contributed by atoms with Gasteiger partial charge in [0.05, 0.1) is 23.1 Å². The Morgan fingerprint density at radius 2 is 2.23 bits per heavy atom. The number of thiazole rings is 1. The summed E-state index contributed by atoms with van der Waals surface area (Å²) in [7, 11) is 0. The van der Waals surface area contributed by atoms with Gasteiger partial charge in [0.2, 0.25) is 0 Å². The number of nitriles is 1. The topological polar surface area (TPSA) is 79.1 Å². The molecule has 0 saturated heterocycles. The molecule has 0 aliphatic carbocycles. The number of benzene rings is 1. The summed E-state index contributed by atoms with van der Waals surface area (Å²) in [5.41, 5.74) is 3.15. The van der Waals surface area contributed by atoms with Gasteiger partial charge in [-0.05, 0) is 37.3 Å². The molecule has 1 aliphatic heterocycles. The Kier molecular flexibility index (Phi) is 4.11. The molecule has 6 nitrogen and oxygen atoms in total. The number of rotatable bonds is 3. The van der Waals surface area contributed by atoms with Crippen LogP contribution in [0.2, 0.25) is 0 Å². The van der Waals surface area contributed by atoms with E-state index in [0.717, 1.165) is 26.8 Å². The third-order valence-electron chi connectivity index (χ3n) is 4.08. The maximum atomic E-state index is 12.1. The molecule has 0 fully saturated rings. The first-order chi connectivity index (χ1) is 12.7. The van der Waals surface area contributed by atoms with Crippen LogP contribution in [0.25, 0.3) is 22.0 Å². The average Bonchev–Trinajstić information content (AvgIpc) is 3.06. The number of fused-ring (bicyclic) bond motifs is 1. The molecule has 1 aliphatic rings. The molecule has 128 valence electrons. The number of hydrogen-bond donors (Lipinski definition) is 0. The average molecular weight is 362 g/mol. The van der Waals surface area contributed by atoms with Crippen molar-refractivity contribution in [3.8, 4) is 33.8 Å². The molecule has 0 radical (unpaired) electrons. The zero-order valence-corrected chi connectivity index (χ0v) is 14.8. The molecule has 0 spiro atoms. The van der Waals surface area contributed by atoms with E-state index in [-0.39, 0.29) is 19.1 Å². The van der Waals surface area contributed by atoms with Crippen molar-refractivity contribution in [1.29, 1.82) is 5.26 Å². The quantitative estimate of drug-likeness (QED) is 0.667. The lowest BCUT2D eigenvalue weighted by atomic mass is 10.1. The molecule has 1 aromatic carbocycles. The Balaban J connectivity index is 1.77. The van der Waals surface area contributed by atoms with Gasteiger partial charge < -0.3 is 4.74 Å². The maximum absolute atomic E-state index is 12.1. The summed E-state index contributed by atoms with van der Waals surface area (Å²) in [6.45, 7) is 1.95. The van der Waals surface area contributed by atoms with Crippen LogP contribution in [0.5, 0.6) is 5.75 Å². The first kappa shape index (κ1) is 16.2. The number of pyridine rings is 1. The van der Waals surface area contributed by atoms with E-state index in [9.17, 15) is 4.79 Å². The number of anilines is 1. The SMILES string of the molecule is Cc1sc(-c2ccccn2)nc1-c1ccc2c(c1)N(CC#N)C(=O)CO2. The van der Waals surface area contributed by atoms with Gasteiger partial charge in [-0.3, -0.25) is 14.7 Å². The zero-order chi connectivity index (χ0) is 18.1. The number of ether oxygens (including phenoxy) is 1. The highest BCUT2D eigenvalue weighted by Crippen LogP contribution is 2.38. The molecule has 0 saturated carbocycles. The van der Waals surface area contributed by atoms with E-state index >= 15 is 0 Å². The number of aryl methyl sites for hydroxylation is 1. The van der Waals surface area contributed by atoms with Crippen LogP contribution < -0.4 is 9.64 Å². The summed E-state index contributed by atoms with van der Waals surface area (Å²) in [6, 6.07) is 13.4. The van der Waals surface area contributed by atoms with Crippen molar-refractivity contribution in [2.75, 3.05) is 18.1 Å². The summed E-state index contributed by atoms with van der Waals surface area (Å²) >= 11 is 1.57. The molecule has 3 heterocycles. The molecule has 26 heavy (non-hydrogen) atoms. The van der Waals surface area contributed by atoms with Crippen molar-refractivity contribution in [3.63, 3.8) is 0 Å². The second kappa shape index (κ2) is 6.58. The molecule has 4 rings (SSSR count). The summed E-state index contributed by atoms with van der Waals surface area (Å²) in [5, 5.41) is 9.86. The molecule has 1 amide bonds. The molecule has 0 N–H and O–H groups in total. The number of hydrogen-bond acceptors (Lipinski definition) is 6. The highest BCUT2D eigenvalue weighted by molar-refractivity contribution is 7.15. The van der Waals surface area contributed by atoms with Crippen molar-refractivity contribution in [2.24, 2.45) is 0 Å². The fourth-order valence-electron chi connectivity index (χ4n) is 2.86. The van der Waals surface area contributed by atoms with E-state index in [2.05, 4.69) is 4.98 Å². The van der Waals surface area contributed by atoms with Gasteiger partial charge >= 0.3 is 0 Å². The van der Waals surface area contributed by atoms with Crippen molar-refractivity contribution < 1.29 is 9.53 Å². The van der Waals surface area contributed by atoms with Gasteiger partial charge in [-0.15, -0.1) is 11.3 Å². The van der Waals surface area contributed by atoms with E-state index in [1.165, 1.54) is 4.90 Å². The van der Waals surface area contributed by atoms with Gasteiger partial charge in [0, 0.05) is 16.6 Å². The zero-order valence-electron chi connectivity index (χ0n) is 14.0. The predicted octanol–water partition coefficient (Wildman–Crippen LogP) is 3.43. The first-order valence-corrected chi connectivity index (χ1v) is 8.82. The van der Waals surface area contributed by atoms with Gasteiger partial charge in [-0.1, -0.05) is 6.07 Å². The van der Waals surface area contributed by atoms with Gasteiger partial charge in [-0.25, -0.2) is 4.98 Å². The van der Waals surface area contributed by atoms with Crippen LogP contribution in [0, 0.1) is 18.3 Å². The van der Waals surface area contributed by atoms with Crippen molar-refractivity contribution in [3.05, 3.63) is 47.5 Å². The highest BCUT2D eigenvalue weighted by atomic mass is 32.1.